The fraction of sp³-hybridized carbons (Fsp3) is 0.471. The fourth-order valence-corrected chi connectivity index (χ4v) is 5.35. The lowest BCUT2D eigenvalue weighted by Gasteiger charge is -2.32. The van der Waals surface area contributed by atoms with Gasteiger partial charge in [0.05, 0.1) is 11.9 Å². The number of alkyl halides is 2. The molecule has 0 spiro atoms. The lowest BCUT2D eigenvalue weighted by molar-refractivity contribution is 0.148. The number of pyridine rings is 1. The Labute approximate surface area is 160 Å². The first-order chi connectivity index (χ1) is 13.3. The second-order valence-electron chi connectivity index (χ2n) is 6.94. The van der Waals surface area contributed by atoms with Crippen molar-refractivity contribution in [2.24, 2.45) is 7.05 Å². The van der Waals surface area contributed by atoms with Crippen molar-refractivity contribution in [3.8, 4) is 0 Å². The number of halogens is 2. The van der Waals surface area contributed by atoms with E-state index < -0.39 is 16.4 Å². The summed E-state index contributed by atoms with van der Waals surface area (Å²) >= 11 is 0. The molecule has 0 aliphatic carbocycles. The Bertz CT molecular complexity index is 1120. The maximum absolute atomic E-state index is 13.6. The van der Waals surface area contributed by atoms with Gasteiger partial charge in [0.1, 0.15) is 11.2 Å². The number of hydrogen-bond donors (Lipinski definition) is 0. The number of fused-ring (bicyclic) bond motifs is 1. The van der Waals surface area contributed by atoms with Gasteiger partial charge in [-0.15, -0.1) is 0 Å². The predicted molar refractivity (Wildman–Crippen MR) is 96.6 cm³/mol. The third kappa shape index (κ3) is 3.08. The first-order valence-corrected chi connectivity index (χ1v) is 10.3. The molecule has 0 atom stereocenters. The van der Waals surface area contributed by atoms with Gasteiger partial charge in [0.25, 0.3) is 6.43 Å². The molecule has 0 unspecified atom stereocenters. The maximum atomic E-state index is 13.6. The van der Waals surface area contributed by atoms with E-state index in [4.69, 9.17) is 0 Å². The smallest absolute Gasteiger partial charge is 0.264 e. The van der Waals surface area contributed by atoms with Crippen molar-refractivity contribution >= 4 is 15.7 Å². The first-order valence-electron chi connectivity index (χ1n) is 8.89. The molecule has 11 heteroatoms. The number of aromatic nitrogens is 5. The van der Waals surface area contributed by atoms with Crippen LogP contribution in [-0.4, -0.2) is 50.2 Å². The quantitative estimate of drug-likeness (QED) is 0.659. The number of hydrogen-bond acceptors (Lipinski definition) is 5. The highest BCUT2D eigenvalue weighted by atomic mass is 32.2. The largest absolute Gasteiger partial charge is 0.272 e. The van der Waals surface area contributed by atoms with Crippen molar-refractivity contribution in [1.82, 2.24) is 28.7 Å². The Morgan fingerprint density at radius 2 is 1.93 bits per heavy atom. The molecule has 0 N–H and O–H groups in total. The lowest BCUT2D eigenvalue weighted by Crippen LogP contribution is -2.38. The maximum Gasteiger partial charge on any atom is 0.264 e. The Morgan fingerprint density at radius 1 is 1.21 bits per heavy atom. The highest BCUT2D eigenvalue weighted by molar-refractivity contribution is 7.89. The van der Waals surface area contributed by atoms with E-state index in [0.717, 1.165) is 0 Å². The second-order valence-corrected chi connectivity index (χ2v) is 8.85. The minimum absolute atomic E-state index is 0.0649. The Morgan fingerprint density at radius 3 is 2.54 bits per heavy atom. The molecule has 0 bridgehead atoms. The van der Waals surface area contributed by atoms with Gasteiger partial charge in [0.2, 0.25) is 10.0 Å². The molecule has 0 saturated carbocycles. The standard InChI is InChI=1S/C17H20F2N6O2S/c1-11-15(8-21-23(11)2)28(26,27)24-5-3-12(4-6-24)14-9-25-16(20-10-22-25)7-13(14)17(18)19/h7-10,12,17H,3-6H2,1-2H3. The van der Waals surface area contributed by atoms with E-state index in [-0.39, 0.29) is 29.5 Å². The minimum Gasteiger partial charge on any atom is -0.272 e. The predicted octanol–water partition coefficient (Wildman–Crippen LogP) is 2.28. The van der Waals surface area contributed by atoms with Gasteiger partial charge in [-0.3, -0.25) is 4.68 Å². The Hall–Kier alpha value is -2.40. The summed E-state index contributed by atoms with van der Waals surface area (Å²) in [5.74, 6) is -0.168. The molecule has 28 heavy (non-hydrogen) atoms. The zero-order chi connectivity index (χ0) is 20.1. The molecule has 4 rings (SSSR count). The lowest BCUT2D eigenvalue weighted by atomic mass is 9.88. The summed E-state index contributed by atoms with van der Waals surface area (Å²) in [4.78, 5) is 4.15. The molecule has 1 fully saturated rings. The molecule has 0 aromatic carbocycles. The Kier molecular flexibility index (Phi) is 4.66. The normalized spacial score (nSPS) is 17.0. The number of sulfonamides is 1. The van der Waals surface area contributed by atoms with E-state index in [1.165, 1.54) is 32.1 Å². The number of aryl methyl sites for hydroxylation is 1. The van der Waals surface area contributed by atoms with Crippen LogP contribution in [-0.2, 0) is 17.1 Å². The SMILES string of the molecule is Cc1c(S(=O)(=O)N2CCC(c3cn4ncnc4cc3C(F)F)CC2)cnn1C. The van der Waals surface area contributed by atoms with Crippen LogP contribution >= 0.6 is 0 Å². The summed E-state index contributed by atoms with van der Waals surface area (Å²) < 4.78 is 57.4. The summed E-state index contributed by atoms with van der Waals surface area (Å²) in [6.07, 6.45) is 2.54. The molecule has 0 amide bonds. The fourth-order valence-electron chi connectivity index (χ4n) is 3.70. The van der Waals surface area contributed by atoms with Crippen LogP contribution in [0.1, 0.15) is 42.0 Å². The average molecular weight is 410 g/mol. The van der Waals surface area contributed by atoms with Crippen molar-refractivity contribution in [3.05, 3.63) is 41.6 Å². The molecule has 150 valence electrons. The van der Waals surface area contributed by atoms with Crippen molar-refractivity contribution in [3.63, 3.8) is 0 Å². The molecule has 3 aromatic heterocycles. The third-order valence-corrected chi connectivity index (χ3v) is 7.42. The van der Waals surface area contributed by atoms with Crippen molar-refractivity contribution in [2.45, 2.75) is 37.0 Å². The topological polar surface area (TPSA) is 85.4 Å². The molecule has 3 aromatic rings. The first kappa shape index (κ1) is 18.9. The van der Waals surface area contributed by atoms with Gasteiger partial charge in [-0.25, -0.2) is 26.7 Å². The molecule has 4 heterocycles. The molecule has 0 radical (unpaired) electrons. The zero-order valence-electron chi connectivity index (χ0n) is 15.5. The van der Waals surface area contributed by atoms with Gasteiger partial charge in [0.15, 0.2) is 5.65 Å². The third-order valence-electron chi connectivity index (χ3n) is 5.42. The number of nitrogens with zero attached hydrogens (tertiary/aromatic N) is 6. The Balaban J connectivity index is 1.58. The van der Waals surface area contributed by atoms with Crippen molar-refractivity contribution < 1.29 is 17.2 Å². The zero-order valence-corrected chi connectivity index (χ0v) is 16.3. The van der Waals surface area contributed by atoms with Crippen LogP contribution in [0.15, 0.2) is 29.7 Å². The van der Waals surface area contributed by atoms with Crippen LogP contribution in [0.5, 0.6) is 0 Å². The van der Waals surface area contributed by atoms with Crippen LogP contribution in [0.4, 0.5) is 8.78 Å². The summed E-state index contributed by atoms with van der Waals surface area (Å²) in [6, 6.07) is 1.36. The molecule has 1 saturated heterocycles. The van der Waals surface area contributed by atoms with Gasteiger partial charge >= 0.3 is 0 Å². The van der Waals surface area contributed by atoms with Crippen LogP contribution in [0.3, 0.4) is 0 Å². The van der Waals surface area contributed by atoms with E-state index in [1.54, 1.807) is 20.2 Å². The average Bonchev–Trinajstić information content (AvgIpc) is 3.27. The van der Waals surface area contributed by atoms with Gasteiger partial charge in [0, 0.05) is 31.9 Å². The molecule has 8 nitrogen and oxygen atoms in total. The van der Waals surface area contributed by atoms with E-state index >= 15 is 0 Å². The van der Waals surface area contributed by atoms with Gasteiger partial charge in [-0.2, -0.15) is 14.5 Å². The van der Waals surface area contributed by atoms with Crippen molar-refractivity contribution in [2.75, 3.05) is 13.1 Å². The summed E-state index contributed by atoms with van der Waals surface area (Å²) in [5.41, 5.74) is 1.37. The van der Waals surface area contributed by atoms with E-state index in [9.17, 15) is 17.2 Å². The van der Waals surface area contributed by atoms with Crippen LogP contribution in [0.2, 0.25) is 0 Å². The summed E-state index contributed by atoms with van der Waals surface area (Å²) in [7, 11) is -1.97. The molecule has 1 aliphatic heterocycles. The van der Waals surface area contributed by atoms with Crippen LogP contribution < -0.4 is 0 Å². The van der Waals surface area contributed by atoms with Gasteiger partial charge < -0.3 is 0 Å². The highest BCUT2D eigenvalue weighted by Crippen LogP contribution is 2.36. The molecular weight excluding hydrogens is 390 g/mol. The van der Waals surface area contributed by atoms with E-state index in [1.807, 2.05) is 0 Å². The second kappa shape index (κ2) is 6.89. The van der Waals surface area contributed by atoms with E-state index in [2.05, 4.69) is 15.2 Å². The number of rotatable bonds is 4. The van der Waals surface area contributed by atoms with Gasteiger partial charge in [-0.05, 0) is 37.3 Å². The molecular formula is C17H20F2N6O2S. The number of piperidine rings is 1. The van der Waals surface area contributed by atoms with Crippen LogP contribution in [0, 0.1) is 6.92 Å². The molecule has 1 aliphatic rings. The summed E-state index contributed by atoms with van der Waals surface area (Å²) in [6.45, 7) is 2.23. The summed E-state index contributed by atoms with van der Waals surface area (Å²) in [5, 5.41) is 8.03. The monoisotopic (exact) mass is 410 g/mol. The van der Waals surface area contributed by atoms with Gasteiger partial charge in [-0.1, -0.05) is 0 Å². The van der Waals surface area contributed by atoms with Crippen molar-refractivity contribution in [1.29, 1.82) is 0 Å². The van der Waals surface area contributed by atoms with Crippen LogP contribution in [0.25, 0.3) is 5.65 Å². The van der Waals surface area contributed by atoms with E-state index in [0.29, 0.717) is 29.7 Å². The highest BCUT2D eigenvalue weighted by Gasteiger charge is 2.33. The minimum atomic E-state index is -3.66.